The fourth-order valence-electron chi connectivity index (χ4n) is 2.16. The molecule has 0 aliphatic heterocycles. The fourth-order valence-corrected chi connectivity index (χ4v) is 2.16. The van der Waals surface area contributed by atoms with Gasteiger partial charge in [-0.25, -0.2) is 0 Å². The van der Waals surface area contributed by atoms with Gasteiger partial charge in [0.05, 0.1) is 0 Å². The number of benzene rings is 1. The van der Waals surface area contributed by atoms with Crippen LogP contribution in [0.3, 0.4) is 0 Å². The highest BCUT2D eigenvalue weighted by molar-refractivity contribution is 5.69. The largest absolute Gasteiger partial charge is 0.373 e. The third-order valence-electron chi connectivity index (χ3n) is 2.76. The van der Waals surface area contributed by atoms with Gasteiger partial charge in [-0.1, -0.05) is 50.6 Å². The first-order chi connectivity index (χ1) is 8.47. The number of hydrogen-bond acceptors (Lipinski definition) is 2. The summed E-state index contributed by atoms with van der Waals surface area (Å²) in [6.45, 7) is 11.1. The first-order valence-corrected chi connectivity index (χ1v) is 6.23. The molecule has 98 valence electrons. The summed E-state index contributed by atoms with van der Waals surface area (Å²) in [6.07, 6.45) is 1.36. The van der Waals surface area contributed by atoms with Crippen LogP contribution in [-0.2, 0) is 16.0 Å². The monoisotopic (exact) mass is 246 g/mol. The number of carbonyl (C=O) groups excluding carboxylic acids is 2. The van der Waals surface area contributed by atoms with Gasteiger partial charge in [-0.15, -0.1) is 0 Å². The van der Waals surface area contributed by atoms with Gasteiger partial charge in [0.2, 0.25) is 0 Å². The van der Waals surface area contributed by atoms with Gasteiger partial charge in [0.1, 0.15) is 0 Å². The molecule has 0 aromatic heterocycles. The quantitative estimate of drug-likeness (QED) is 0.804. The lowest BCUT2D eigenvalue weighted by molar-refractivity contribution is -0.191. The van der Waals surface area contributed by atoms with Crippen LogP contribution in [0.1, 0.15) is 45.7 Å². The van der Waals surface area contributed by atoms with Crippen molar-refractivity contribution >= 4 is 11.7 Å². The average Bonchev–Trinajstić information content (AvgIpc) is 2.29. The minimum atomic E-state index is 0.250. The molecular formula is C16H22O2. The van der Waals surface area contributed by atoms with Crippen LogP contribution in [0.25, 0.3) is 5.57 Å². The second-order valence-electron chi connectivity index (χ2n) is 4.71. The van der Waals surface area contributed by atoms with Gasteiger partial charge in [0.15, 0.2) is 0 Å². The summed E-state index contributed by atoms with van der Waals surface area (Å²) in [7, 11) is 0. The predicted molar refractivity (Wildman–Crippen MR) is 73.9 cm³/mol. The molecule has 0 amide bonds. The summed E-state index contributed by atoms with van der Waals surface area (Å²) >= 11 is 0. The Labute approximate surface area is 110 Å². The van der Waals surface area contributed by atoms with Crippen LogP contribution in [0, 0.1) is 5.92 Å². The van der Waals surface area contributed by atoms with Gasteiger partial charge < -0.3 is 0 Å². The molecule has 0 heterocycles. The molecule has 0 radical (unpaired) electrons. The summed E-state index contributed by atoms with van der Waals surface area (Å²) in [6, 6.07) is 8.91. The van der Waals surface area contributed by atoms with E-state index in [4.69, 9.17) is 9.59 Å². The van der Waals surface area contributed by atoms with E-state index in [-0.39, 0.29) is 6.15 Å². The molecule has 0 N–H and O–H groups in total. The van der Waals surface area contributed by atoms with Crippen molar-refractivity contribution in [3.05, 3.63) is 41.0 Å². The number of hydrogen-bond donors (Lipinski definition) is 0. The zero-order chi connectivity index (χ0) is 14.1. The molecule has 0 aliphatic carbocycles. The van der Waals surface area contributed by atoms with E-state index in [0.717, 1.165) is 6.42 Å². The topological polar surface area (TPSA) is 34.1 Å². The van der Waals surface area contributed by atoms with Gasteiger partial charge in [0.25, 0.3) is 0 Å². The predicted octanol–water partition coefficient (Wildman–Crippen LogP) is 4.11. The molecule has 1 aromatic carbocycles. The van der Waals surface area contributed by atoms with Gasteiger partial charge in [-0.05, 0) is 42.9 Å². The van der Waals surface area contributed by atoms with E-state index in [1.165, 1.54) is 22.3 Å². The van der Waals surface area contributed by atoms with Crippen molar-refractivity contribution in [1.82, 2.24) is 0 Å². The van der Waals surface area contributed by atoms with Crippen LogP contribution in [0.15, 0.2) is 29.8 Å². The second-order valence-corrected chi connectivity index (χ2v) is 4.71. The summed E-state index contributed by atoms with van der Waals surface area (Å²) in [4.78, 5) is 16.2. The molecule has 1 aromatic rings. The van der Waals surface area contributed by atoms with Crippen molar-refractivity contribution in [2.75, 3.05) is 0 Å². The fraction of sp³-hybridized carbons (Fsp3) is 0.438. The van der Waals surface area contributed by atoms with Crippen LogP contribution in [0.2, 0.25) is 0 Å². The SMILES string of the molecule is CCc1cccc(C(=C(C)C)C(C)C)c1.O=C=O. The second kappa shape index (κ2) is 8.43. The Kier molecular flexibility index (Phi) is 7.66. The number of rotatable bonds is 3. The van der Waals surface area contributed by atoms with Crippen molar-refractivity contribution < 1.29 is 9.59 Å². The van der Waals surface area contributed by atoms with Gasteiger partial charge in [0, 0.05) is 0 Å². The molecule has 0 spiro atoms. The van der Waals surface area contributed by atoms with Crippen molar-refractivity contribution in [2.24, 2.45) is 5.92 Å². The minimum Gasteiger partial charge on any atom is -0.186 e. The van der Waals surface area contributed by atoms with E-state index in [9.17, 15) is 0 Å². The third-order valence-corrected chi connectivity index (χ3v) is 2.76. The maximum absolute atomic E-state index is 8.12. The maximum atomic E-state index is 8.12. The molecule has 0 fully saturated rings. The lowest BCUT2D eigenvalue weighted by atomic mass is 9.90. The Morgan fingerprint density at radius 1 is 1.22 bits per heavy atom. The van der Waals surface area contributed by atoms with E-state index < -0.39 is 0 Å². The Morgan fingerprint density at radius 3 is 2.17 bits per heavy atom. The van der Waals surface area contributed by atoms with Crippen LogP contribution >= 0.6 is 0 Å². The Morgan fingerprint density at radius 2 is 1.78 bits per heavy atom. The van der Waals surface area contributed by atoms with E-state index in [1.54, 1.807) is 0 Å². The van der Waals surface area contributed by atoms with Crippen LogP contribution in [0.4, 0.5) is 0 Å². The smallest absolute Gasteiger partial charge is 0.186 e. The summed E-state index contributed by atoms with van der Waals surface area (Å²) in [5.41, 5.74) is 5.74. The Hall–Kier alpha value is -1.66. The van der Waals surface area contributed by atoms with Crippen molar-refractivity contribution in [1.29, 1.82) is 0 Å². The van der Waals surface area contributed by atoms with Crippen molar-refractivity contribution in [3.8, 4) is 0 Å². The van der Waals surface area contributed by atoms with E-state index in [2.05, 4.69) is 58.9 Å². The molecule has 0 saturated carbocycles. The Balaban J connectivity index is 0.000000873. The van der Waals surface area contributed by atoms with Gasteiger partial charge in [-0.3, -0.25) is 0 Å². The lowest BCUT2D eigenvalue weighted by Crippen LogP contribution is -1.97. The molecule has 0 atom stereocenters. The standard InChI is InChI=1S/C15H22.CO2/c1-6-13-8-7-9-14(10-13)15(11(2)3)12(4)5;2-1-3/h7-11H,6H2,1-5H3;. The first-order valence-electron chi connectivity index (χ1n) is 6.23. The molecular weight excluding hydrogens is 224 g/mol. The van der Waals surface area contributed by atoms with Crippen LogP contribution in [-0.4, -0.2) is 6.15 Å². The van der Waals surface area contributed by atoms with Gasteiger partial charge in [-0.2, -0.15) is 9.59 Å². The molecule has 18 heavy (non-hydrogen) atoms. The van der Waals surface area contributed by atoms with E-state index >= 15 is 0 Å². The summed E-state index contributed by atoms with van der Waals surface area (Å²) in [5, 5.41) is 0. The highest BCUT2D eigenvalue weighted by Crippen LogP contribution is 2.27. The minimum absolute atomic E-state index is 0.250. The molecule has 2 nitrogen and oxygen atoms in total. The van der Waals surface area contributed by atoms with Crippen LogP contribution < -0.4 is 0 Å². The molecule has 0 aliphatic rings. The molecule has 1 rings (SSSR count). The zero-order valence-electron chi connectivity index (χ0n) is 11.9. The maximum Gasteiger partial charge on any atom is 0.373 e. The van der Waals surface area contributed by atoms with E-state index in [1.807, 2.05) is 0 Å². The lowest BCUT2D eigenvalue weighted by Gasteiger charge is -2.15. The van der Waals surface area contributed by atoms with Crippen molar-refractivity contribution in [2.45, 2.75) is 41.0 Å². The zero-order valence-corrected chi connectivity index (χ0v) is 11.9. The van der Waals surface area contributed by atoms with Crippen LogP contribution in [0.5, 0.6) is 0 Å². The molecule has 2 heteroatoms. The van der Waals surface area contributed by atoms with E-state index in [0.29, 0.717) is 5.92 Å². The molecule has 0 bridgehead atoms. The average molecular weight is 246 g/mol. The highest BCUT2D eigenvalue weighted by Gasteiger charge is 2.08. The third kappa shape index (κ3) is 5.11. The normalized spacial score (nSPS) is 9.22. The van der Waals surface area contributed by atoms with Gasteiger partial charge >= 0.3 is 6.15 Å². The molecule has 0 unspecified atom stereocenters. The summed E-state index contributed by atoms with van der Waals surface area (Å²) < 4.78 is 0. The Bertz CT molecular complexity index is 432. The number of aryl methyl sites for hydroxylation is 1. The molecule has 0 saturated heterocycles. The first kappa shape index (κ1) is 16.3. The number of allylic oxidation sites excluding steroid dienone is 2. The van der Waals surface area contributed by atoms with Crippen molar-refractivity contribution in [3.63, 3.8) is 0 Å². The summed E-state index contributed by atoms with van der Waals surface area (Å²) in [5.74, 6) is 0.599. The highest BCUT2D eigenvalue weighted by atomic mass is 16.2.